The first-order valence-corrected chi connectivity index (χ1v) is 6.66. The predicted molar refractivity (Wildman–Crippen MR) is 79.4 cm³/mol. The molecule has 3 N–H and O–H groups in total. The summed E-state index contributed by atoms with van der Waals surface area (Å²) in [5.41, 5.74) is 9.75. The van der Waals surface area contributed by atoms with E-state index in [0.29, 0.717) is 17.9 Å². The largest absolute Gasteiger partial charge is 0.395 e. The Bertz CT molecular complexity index is 618. The fourth-order valence-electron chi connectivity index (χ4n) is 2.16. The zero-order chi connectivity index (χ0) is 14.7. The summed E-state index contributed by atoms with van der Waals surface area (Å²) in [4.78, 5) is 14.0. The van der Waals surface area contributed by atoms with E-state index in [1.165, 1.54) is 5.56 Å². The highest BCUT2D eigenvalue weighted by atomic mass is 16.2. The number of hydrogen-bond acceptors (Lipinski definition) is 3. The predicted octanol–water partition coefficient (Wildman–Crippen LogP) is 2.13. The van der Waals surface area contributed by atoms with Gasteiger partial charge in [0.25, 0.3) is 5.91 Å². The van der Waals surface area contributed by atoms with Gasteiger partial charge in [0.2, 0.25) is 0 Å². The lowest BCUT2D eigenvalue weighted by Crippen LogP contribution is -2.27. The molecule has 2 aromatic rings. The molecule has 5 heteroatoms. The molecule has 1 amide bonds. The Kier molecular flexibility index (Phi) is 4.08. The highest BCUT2D eigenvalue weighted by Crippen LogP contribution is 2.17. The molecule has 0 aliphatic carbocycles. The summed E-state index contributed by atoms with van der Waals surface area (Å²) in [5.74, 6) is -0.167. The number of benzene rings is 1. The zero-order valence-electron chi connectivity index (χ0n) is 12.1. The van der Waals surface area contributed by atoms with E-state index in [-0.39, 0.29) is 5.91 Å². The number of carbonyl (C=O) groups excluding carboxylic acids is 1. The fraction of sp³-hybridized carbons (Fsp3) is 0.333. The summed E-state index contributed by atoms with van der Waals surface area (Å²) in [5, 5.41) is 6.84. The minimum absolute atomic E-state index is 0.167. The van der Waals surface area contributed by atoms with Crippen molar-refractivity contribution in [2.75, 3.05) is 12.8 Å². The fourth-order valence-corrected chi connectivity index (χ4v) is 2.16. The molecular formula is C15H20N4O. The molecule has 0 aliphatic heterocycles. The van der Waals surface area contributed by atoms with Gasteiger partial charge in [0.05, 0.1) is 11.4 Å². The number of amides is 1. The standard InChI is InChI=1S/C15H20N4O/c1-4-12-13(16)14(18-17-12)15(20)19(3)9-11-7-5-6-10(2)8-11/h5-8H,4,9,16H2,1-3H3,(H,17,18). The summed E-state index contributed by atoms with van der Waals surface area (Å²) in [6.45, 7) is 4.54. The quantitative estimate of drug-likeness (QED) is 0.895. The number of nitrogens with zero attached hydrogens (tertiary/aromatic N) is 2. The topological polar surface area (TPSA) is 75.0 Å². The molecule has 106 valence electrons. The molecule has 20 heavy (non-hydrogen) atoms. The molecular weight excluding hydrogens is 252 g/mol. The van der Waals surface area contributed by atoms with Crippen LogP contribution < -0.4 is 5.73 Å². The van der Waals surface area contributed by atoms with Crippen molar-refractivity contribution in [3.63, 3.8) is 0 Å². The van der Waals surface area contributed by atoms with Crippen molar-refractivity contribution in [1.29, 1.82) is 0 Å². The maximum atomic E-state index is 12.3. The summed E-state index contributed by atoms with van der Waals surface area (Å²) in [6.07, 6.45) is 0.730. The number of nitrogen functional groups attached to an aromatic ring is 1. The number of nitrogens with two attached hydrogens (primary N) is 1. The minimum Gasteiger partial charge on any atom is -0.395 e. The Morgan fingerprint density at radius 3 is 2.80 bits per heavy atom. The number of aryl methyl sites for hydroxylation is 2. The van der Waals surface area contributed by atoms with Crippen molar-refractivity contribution >= 4 is 11.6 Å². The second-order valence-corrected chi connectivity index (χ2v) is 4.97. The van der Waals surface area contributed by atoms with Crippen molar-refractivity contribution in [1.82, 2.24) is 15.1 Å². The molecule has 0 unspecified atom stereocenters. The molecule has 2 rings (SSSR count). The summed E-state index contributed by atoms with van der Waals surface area (Å²) >= 11 is 0. The molecule has 0 spiro atoms. The lowest BCUT2D eigenvalue weighted by atomic mass is 10.1. The highest BCUT2D eigenvalue weighted by molar-refractivity contribution is 5.97. The van der Waals surface area contributed by atoms with Crippen LogP contribution >= 0.6 is 0 Å². The van der Waals surface area contributed by atoms with Crippen LogP contribution in [0.2, 0.25) is 0 Å². The zero-order valence-corrected chi connectivity index (χ0v) is 12.1. The van der Waals surface area contributed by atoms with E-state index < -0.39 is 0 Å². The summed E-state index contributed by atoms with van der Waals surface area (Å²) < 4.78 is 0. The highest BCUT2D eigenvalue weighted by Gasteiger charge is 2.20. The van der Waals surface area contributed by atoms with Gasteiger partial charge in [-0.1, -0.05) is 36.8 Å². The van der Waals surface area contributed by atoms with Crippen LogP contribution in [0.1, 0.15) is 34.2 Å². The van der Waals surface area contributed by atoms with Crippen LogP contribution in [0.25, 0.3) is 0 Å². The van der Waals surface area contributed by atoms with Gasteiger partial charge in [-0.25, -0.2) is 0 Å². The average Bonchev–Trinajstić information content (AvgIpc) is 2.79. The van der Waals surface area contributed by atoms with Crippen LogP contribution in [-0.4, -0.2) is 28.1 Å². The van der Waals surface area contributed by atoms with E-state index in [1.54, 1.807) is 11.9 Å². The Morgan fingerprint density at radius 2 is 2.20 bits per heavy atom. The van der Waals surface area contributed by atoms with Crippen LogP contribution in [0, 0.1) is 6.92 Å². The number of rotatable bonds is 4. The minimum atomic E-state index is -0.167. The van der Waals surface area contributed by atoms with Crippen molar-refractivity contribution in [2.24, 2.45) is 0 Å². The van der Waals surface area contributed by atoms with Crippen molar-refractivity contribution < 1.29 is 4.79 Å². The number of aromatic nitrogens is 2. The second kappa shape index (κ2) is 5.77. The van der Waals surface area contributed by atoms with E-state index in [2.05, 4.69) is 16.3 Å². The monoisotopic (exact) mass is 272 g/mol. The second-order valence-electron chi connectivity index (χ2n) is 4.97. The third-order valence-electron chi connectivity index (χ3n) is 3.29. The molecule has 0 bridgehead atoms. The molecule has 1 aromatic heterocycles. The average molecular weight is 272 g/mol. The van der Waals surface area contributed by atoms with Gasteiger partial charge in [0.1, 0.15) is 0 Å². The molecule has 0 fully saturated rings. The Hall–Kier alpha value is -2.30. The lowest BCUT2D eigenvalue weighted by molar-refractivity contribution is 0.0780. The van der Waals surface area contributed by atoms with E-state index in [4.69, 9.17) is 5.73 Å². The summed E-state index contributed by atoms with van der Waals surface area (Å²) in [7, 11) is 1.75. The van der Waals surface area contributed by atoms with Gasteiger partial charge in [-0.05, 0) is 18.9 Å². The molecule has 1 aromatic carbocycles. The number of nitrogens with one attached hydrogen (secondary N) is 1. The third kappa shape index (κ3) is 2.82. The molecule has 0 atom stereocenters. The SMILES string of the molecule is CCc1[nH]nc(C(=O)N(C)Cc2cccc(C)c2)c1N. The van der Waals surface area contributed by atoms with Gasteiger partial charge >= 0.3 is 0 Å². The third-order valence-corrected chi connectivity index (χ3v) is 3.29. The van der Waals surface area contributed by atoms with Crippen molar-refractivity contribution in [2.45, 2.75) is 26.8 Å². The molecule has 0 saturated heterocycles. The normalized spacial score (nSPS) is 10.6. The molecule has 0 radical (unpaired) electrons. The number of anilines is 1. The van der Waals surface area contributed by atoms with Gasteiger partial charge in [0, 0.05) is 13.6 Å². The Labute approximate surface area is 118 Å². The first-order chi connectivity index (χ1) is 9.52. The van der Waals surface area contributed by atoms with Crippen LogP contribution in [0.15, 0.2) is 24.3 Å². The van der Waals surface area contributed by atoms with Gasteiger partial charge in [-0.15, -0.1) is 0 Å². The first-order valence-electron chi connectivity index (χ1n) is 6.66. The van der Waals surface area contributed by atoms with Crippen LogP contribution in [-0.2, 0) is 13.0 Å². The van der Waals surface area contributed by atoms with Crippen molar-refractivity contribution in [3.8, 4) is 0 Å². The van der Waals surface area contributed by atoms with E-state index in [1.807, 2.05) is 32.0 Å². The molecule has 0 aliphatic rings. The molecule has 0 saturated carbocycles. The molecule has 5 nitrogen and oxygen atoms in total. The van der Waals surface area contributed by atoms with Crippen LogP contribution in [0.5, 0.6) is 0 Å². The van der Waals surface area contributed by atoms with E-state index in [0.717, 1.165) is 17.7 Å². The molecule has 1 heterocycles. The maximum Gasteiger partial charge on any atom is 0.276 e. The maximum absolute atomic E-state index is 12.3. The van der Waals surface area contributed by atoms with Crippen LogP contribution in [0.3, 0.4) is 0 Å². The number of carbonyl (C=O) groups is 1. The van der Waals surface area contributed by atoms with Gasteiger partial charge in [0.15, 0.2) is 5.69 Å². The van der Waals surface area contributed by atoms with Crippen molar-refractivity contribution in [3.05, 3.63) is 46.8 Å². The van der Waals surface area contributed by atoms with Gasteiger partial charge in [-0.2, -0.15) is 5.10 Å². The number of hydrogen-bond donors (Lipinski definition) is 2. The van der Waals surface area contributed by atoms with Crippen LogP contribution in [0.4, 0.5) is 5.69 Å². The number of H-pyrrole nitrogens is 1. The van der Waals surface area contributed by atoms with E-state index in [9.17, 15) is 4.79 Å². The summed E-state index contributed by atoms with van der Waals surface area (Å²) in [6, 6.07) is 8.09. The Balaban J connectivity index is 2.14. The first kappa shape index (κ1) is 14.1. The smallest absolute Gasteiger partial charge is 0.276 e. The van der Waals surface area contributed by atoms with Gasteiger partial charge in [-0.3, -0.25) is 9.89 Å². The van der Waals surface area contributed by atoms with Gasteiger partial charge < -0.3 is 10.6 Å². The lowest BCUT2D eigenvalue weighted by Gasteiger charge is -2.16. The number of aromatic amines is 1. The Morgan fingerprint density at radius 1 is 1.45 bits per heavy atom. The van der Waals surface area contributed by atoms with E-state index >= 15 is 0 Å².